The molecule has 0 spiro atoms. The van der Waals surface area contributed by atoms with Crippen molar-refractivity contribution in [2.24, 2.45) is 0 Å². The van der Waals surface area contributed by atoms with Gasteiger partial charge in [-0.2, -0.15) is 5.26 Å². The number of nitrogens with zero attached hydrogens (tertiary/aromatic N) is 2. The minimum atomic E-state index is -1.09. The van der Waals surface area contributed by atoms with Crippen LogP contribution in [0.4, 0.5) is 0 Å². The summed E-state index contributed by atoms with van der Waals surface area (Å²) in [5.41, 5.74) is 0.441. The quantitative estimate of drug-likeness (QED) is 0.890. The number of benzene rings is 1. The van der Waals surface area contributed by atoms with Gasteiger partial charge in [0.15, 0.2) is 0 Å². The van der Waals surface area contributed by atoms with Crippen LogP contribution >= 0.6 is 0 Å². The molecule has 18 heavy (non-hydrogen) atoms. The molecule has 0 radical (unpaired) electrons. The van der Waals surface area contributed by atoms with Gasteiger partial charge in [0.05, 0.1) is 17.8 Å². The van der Waals surface area contributed by atoms with Crippen LogP contribution in [0.3, 0.4) is 0 Å². The van der Waals surface area contributed by atoms with E-state index in [1.807, 2.05) is 6.07 Å². The van der Waals surface area contributed by atoms with Crippen LogP contribution in [0.25, 0.3) is 0 Å². The Morgan fingerprint density at radius 1 is 1.28 bits per heavy atom. The van der Waals surface area contributed by atoms with Crippen molar-refractivity contribution in [2.45, 2.75) is 0 Å². The molecule has 1 N–H and O–H groups in total. The van der Waals surface area contributed by atoms with Crippen molar-refractivity contribution < 1.29 is 14.6 Å². The number of hydrogen-bond acceptors (Lipinski definition) is 4. The van der Waals surface area contributed by atoms with E-state index in [1.54, 1.807) is 24.3 Å². The van der Waals surface area contributed by atoms with Gasteiger partial charge in [0.1, 0.15) is 17.2 Å². The standard InChI is InChI=1S/C13H8N2O3/c14-7-9-2-1-3-10(6-9)18-11-4-5-12(13(16)17)15-8-11/h1-6,8H,(H,16,17). The van der Waals surface area contributed by atoms with Gasteiger partial charge < -0.3 is 9.84 Å². The summed E-state index contributed by atoms with van der Waals surface area (Å²) in [5, 5.41) is 17.4. The molecule has 0 saturated carbocycles. The number of aromatic carboxylic acids is 1. The van der Waals surface area contributed by atoms with Crippen molar-refractivity contribution in [3.8, 4) is 17.6 Å². The highest BCUT2D eigenvalue weighted by molar-refractivity contribution is 5.85. The molecular formula is C13H8N2O3. The maximum atomic E-state index is 10.6. The second-order valence-corrected chi connectivity index (χ2v) is 3.43. The van der Waals surface area contributed by atoms with Gasteiger partial charge in [0.2, 0.25) is 0 Å². The topological polar surface area (TPSA) is 83.2 Å². The maximum Gasteiger partial charge on any atom is 0.354 e. The molecule has 0 aliphatic rings. The number of aromatic nitrogens is 1. The van der Waals surface area contributed by atoms with Gasteiger partial charge in [-0.1, -0.05) is 6.07 Å². The first-order valence-electron chi connectivity index (χ1n) is 5.06. The van der Waals surface area contributed by atoms with E-state index in [9.17, 15) is 4.79 Å². The molecule has 0 saturated heterocycles. The molecule has 0 atom stereocenters. The first-order valence-corrected chi connectivity index (χ1v) is 5.06. The highest BCUT2D eigenvalue weighted by Crippen LogP contribution is 2.21. The van der Waals surface area contributed by atoms with Crippen molar-refractivity contribution in [3.05, 3.63) is 53.9 Å². The van der Waals surface area contributed by atoms with Crippen molar-refractivity contribution in [3.63, 3.8) is 0 Å². The minimum absolute atomic E-state index is 0.0480. The molecule has 0 aliphatic heterocycles. The maximum absolute atomic E-state index is 10.6. The van der Waals surface area contributed by atoms with Crippen LogP contribution in [0.2, 0.25) is 0 Å². The average Bonchev–Trinajstić information content (AvgIpc) is 2.39. The Morgan fingerprint density at radius 3 is 2.72 bits per heavy atom. The highest BCUT2D eigenvalue weighted by atomic mass is 16.5. The fourth-order valence-electron chi connectivity index (χ4n) is 1.33. The summed E-state index contributed by atoms with van der Waals surface area (Å²) < 4.78 is 5.45. The monoisotopic (exact) mass is 240 g/mol. The SMILES string of the molecule is N#Cc1cccc(Oc2ccc(C(=O)O)nc2)c1. The average molecular weight is 240 g/mol. The molecule has 0 fully saturated rings. The van der Waals surface area contributed by atoms with Crippen LogP contribution in [0, 0.1) is 11.3 Å². The van der Waals surface area contributed by atoms with E-state index in [4.69, 9.17) is 15.1 Å². The molecule has 5 nitrogen and oxygen atoms in total. The van der Waals surface area contributed by atoms with Gasteiger partial charge in [0, 0.05) is 0 Å². The molecule has 88 valence electrons. The summed E-state index contributed by atoms with van der Waals surface area (Å²) in [7, 11) is 0. The van der Waals surface area contributed by atoms with E-state index in [1.165, 1.54) is 18.3 Å². The Bertz CT molecular complexity index is 615. The Morgan fingerprint density at radius 2 is 2.11 bits per heavy atom. The number of ether oxygens (including phenoxy) is 1. The second kappa shape index (κ2) is 4.97. The van der Waals surface area contributed by atoms with E-state index in [2.05, 4.69) is 4.98 Å². The Balaban J connectivity index is 2.18. The molecular weight excluding hydrogens is 232 g/mol. The van der Waals surface area contributed by atoms with Gasteiger partial charge in [-0.05, 0) is 30.3 Å². The zero-order chi connectivity index (χ0) is 13.0. The number of carboxylic acid groups (broad SMARTS) is 1. The normalized spacial score (nSPS) is 9.50. The summed E-state index contributed by atoms with van der Waals surface area (Å²) in [6.07, 6.45) is 1.32. The van der Waals surface area contributed by atoms with Crippen LogP contribution in [-0.4, -0.2) is 16.1 Å². The van der Waals surface area contributed by atoms with Crippen molar-refractivity contribution in [2.75, 3.05) is 0 Å². The van der Waals surface area contributed by atoms with Gasteiger partial charge in [0.25, 0.3) is 0 Å². The molecule has 0 unspecified atom stereocenters. The number of pyridine rings is 1. The molecule has 0 amide bonds. The highest BCUT2D eigenvalue weighted by Gasteiger charge is 2.04. The summed E-state index contributed by atoms with van der Waals surface area (Å²) in [4.78, 5) is 14.3. The lowest BCUT2D eigenvalue weighted by atomic mass is 10.2. The Kier molecular flexibility index (Phi) is 3.21. The van der Waals surface area contributed by atoms with Gasteiger partial charge >= 0.3 is 5.97 Å². The third kappa shape index (κ3) is 2.62. The van der Waals surface area contributed by atoms with Crippen molar-refractivity contribution >= 4 is 5.97 Å². The molecule has 0 bridgehead atoms. The molecule has 1 aromatic heterocycles. The number of carboxylic acids is 1. The lowest BCUT2D eigenvalue weighted by Crippen LogP contribution is -1.99. The van der Waals surface area contributed by atoms with Crippen LogP contribution in [0.1, 0.15) is 16.1 Å². The number of rotatable bonds is 3. The summed E-state index contributed by atoms with van der Waals surface area (Å²) in [5.74, 6) is -0.179. The lowest BCUT2D eigenvalue weighted by molar-refractivity contribution is 0.0690. The summed E-state index contributed by atoms with van der Waals surface area (Å²) in [6, 6.07) is 11.5. The van der Waals surface area contributed by atoms with E-state index in [0.717, 1.165) is 0 Å². The van der Waals surface area contributed by atoms with Gasteiger partial charge in [-0.3, -0.25) is 0 Å². The Labute approximate surface area is 103 Å². The number of hydrogen-bond donors (Lipinski definition) is 1. The second-order valence-electron chi connectivity index (χ2n) is 3.43. The third-order valence-electron chi connectivity index (χ3n) is 2.15. The lowest BCUT2D eigenvalue weighted by Gasteiger charge is -2.05. The van der Waals surface area contributed by atoms with Gasteiger partial charge in [-0.25, -0.2) is 9.78 Å². The third-order valence-corrected chi connectivity index (χ3v) is 2.15. The first-order chi connectivity index (χ1) is 8.69. The summed E-state index contributed by atoms with van der Waals surface area (Å²) >= 11 is 0. The molecule has 0 aliphatic carbocycles. The molecule has 5 heteroatoms. The zero-order valence-corrected chi connectivity index (χ0v) is 9.20. The largest absolute Gasteiger partial charge is 0.477 e. The minimum Gasteiger partial charge on any atom is -0.477 e. The number of nitriles is 1. The van der Waals surface area contributed by atoms with Crippen molar-refractivity contribution in [1.29, 1.82) is 5.26 Å². The molecule has 1 heterocycles. The first kappa shape index (κ1) is 11.6. The van der Waals surface area contributed by atoms with E-state index < -0.39 is 5.97 Å². The van der Waals surface area contributed by atoms with E-state index in [-0.39, 0.29) is 5.69 Å². The predicted molar refractivity (Wildman–Crippen MR) is 62.4 cm³/mol. The smallest absolute Gasteiger partial charge is 0.354 e. The zero-order valence-electron chi connectivity index (χ0n) is 9.20. The fourth-order valence-corrected chi connectivity index (χ4v) is 1.33. The van der Waals surface area contributed by atoms with Crippen LogP contribution in [-0.2, 0) is 0 Å². The molecule has 2 aromatic rings. The summed E-state index contributed by atoms with van der Waals surface area (Å²) in [6.45, 7) is 0. The Hall–Kier alpha value is -2.87. The molecule has 2 rings (SSSR count). The number of carbonyl (C=O) groups is 1. The van der Waals surface area contributed by atoms with Crippen LogP contribution < -0.4 is 4.74 Å². The van der Waals surface area contributed by atoms with E-state index >= 15 is 0 Å². The van der Waals surface area contributed by atoms with Gasteiger partial charge in [-0.15, -0.1) is 0 Å². The molecule has 1 aromatic carbocycles. The van der Waals surface area contributed by atoms with Crippen LogP contribution in [0.15, 0.2) is 42.6 Å². The predicted octanol–water partition coefficient (Wildman–Crippen LogP) is 2.44. The van der Waals surface area contributed by atoms with Crippen LogP contribution in [0.5, 0.6) is 11.5 Å². The fraction of sp³-hybridized carbons (Fsp3) is 0. The van der Waals surface area contributed by atoms with E-state index in [0.29, 0.717) is 17.1 Å². The van der Waals surface area contributed by atoms with Crippen molar-refractivity contribution in [1.82, 2.24) is 4.98 Å².